The molecule has 5 heterocycles. The van der Waals surface area contributed by atoms with E-state index in [1.807, 2.05) is 0 Å². The molecule has 10 nitrogen and oxygen atoms in total. The van der Waals surface area contributed by atoms with Gasteiger partial charge >= 0.3 is 6.18 Å². The number of alkyl halides is 3. The smallest absolute Gasteiger partial charge is 0.383 e. The van der Waals surface area contributed by atoms with Crippen molar-refractivity contribution in [1.29, 1.82) is 0 Å². The van der Waals surface area contributed by atoms with E-state index in [0.29, 0.717) is 30.1 Å². The number of hydrogen-bond donors (Lipinski definition) is 3. The first kappa shape index (κ1) is 26.0. The van der Waals surface area contributed by atoms with E-state index in [1.54, 1.807) is 35.6 Å². The number of pyridine rings is 1. The van der Waals surface area contributed by atoms with Crippen LogP contribution in [0, 0.1) is 5.92 Å². The number of hydrogen-bond acceptors (Lipinski definition) is 7. The number of rotatable bonds is 4. The molecule has 4 aliphatic rings. The molecule has 2 aromatic rings. The largest absolute Gasteiger partial charge is 0.416 e. The Morgan fingerprint density at radius 3 is 2.70 bits per heavy atom. The molecule has 13 heteroatoms. The molecule has 2 fully saturated rings. The Balaban J connectivity index is 1.24. The van der Waals surface area contributed by atoms with Crippen LogP contribution < -0.4 is 11.2 Å². The van der Waals surface area contributed by atoms with Crippen molar-refractivity contribution in [3.05, 3.63) is 83.1 Å². The topological polar surface area (TPSA) is 133 Å². The molecule has 0 aliphatic carbocycles. The highest BCUT2D eigenvalue weighted by atomic mass is 19.4. The van der Waals surface area contributed by atoms with E-state index in [9.17, 15) is 27.9 Å². The molecule has 40 heavy (non-hydrogen) atoms. The molecule has 2 amide bonds. The zero-order valence-electron chi connectivity index (χ0n) is 21.0. The average Bonchev–Trinajstić information content (AvgIpc) is 3.40. The van der Waals surface area contributed by atoms with E-state index >= 15 is 0 Å². The number of aromatic nitrogens is 1. The molecule has 6 rings (SSSR count). The van der Waals surface area contributed by atoms with Crippen LogP contribution >= 0.6 is 0 Å². The van der Waals surface area contributed by atoms with Crippen LogP contribution in [0.15, 0.2) is 76.4 Å². The minimum Gasteiger partial charge on any atom is -0.383 e. The average molecular weight is 553 g/mol. The van der Waals surface area contributed by atoms with Gasteiger partial charge in [-0.05, 0) is 49.2 Å². The zero-order chi connectivity index (χ0) is 28.2. The normalized spacial score (nSPS) is 27.5. The third-order valence-corrected chi connectivity index (χ3v) is 7.71. The first-order valence-corrected chi connectivity index (χ1v) is 12.7. The number of anilines is 1. The van der Waals surface area contributed by atoms with Gasteiger partial charge < -0.3 is 15.3 Å². The minimum absolute atomic E-state index is 0.0241. The summed E-state index contributed by atoms with van der Waals surface area (Å²) in [5.41, 5.74) is 1.31. The zero-order valence-corrected chi connectivity index (χ0v) is 21.0. The Morgan fingerprint density at radius 1 is 1.18 bits per heavy atom. The number of allylic oxidation sites excluding steroid dienone is 1. The predicted molar refractivity (Wildman–Crippen MR) is 138 cm³/mol. The van der Waals surface area contributed by atoms with Crippen LogP contribution in [0.3, 0.4) is 0 Å². The summed E-state index contributed by atoms with van der Waals surface area (Å²) in [5.74, 6) is 6.11. The number of nitrogens with one attached hydrogen (secondary N) is 1. The van der Waals surface area contributed by atoms with Crippen LogP contribution in [0.4, 0.5) is 19.0 Å². The van der Waals surface area contributed by atoms with E-state index in [4.69, 9.17) is 10.8 Å². The maximum Gasteiger partial charge on any atom is 0.416 e. The number of carbonyl (C=O) groups is 2. The van der Waals surface area contributed by atoms with Gasteiger partial charge in [-0.1, -0.05) is 0 Å². The number of nitrogens with two attached hydrogens (primary N) is 1. The van der Waals surface area contributed by atoms with Gasteiger partial charge in [0, 0.05) is 36.7 Å². The van der Waals surface area contributed by atoms with Gasteiger partial charge in [-0.25, -0.2) is 4.98 Å². The summed E-state index contributed by atoms with van der Waals surface area (Å²) in [6, 6.07) is 8.01. The van der Waals surface area contributed by atoms with E-state index in [-0.39, 0.29) is 33.8 Å². The van der Waals surface area contributed by atoms with Gasteiger partial charge in [0.25, 0.3) is 17.6 Å². The first-order chi connectivity index (χ1) is 19.0. The van der Waals surface area contributed by atoms with Crippen LogP contribution in [-0.2, 0) is 11.0 Å². The molecule has 0 saturated carbocycles. The Kier molecular flexibility index (Phi) is 6.16. The lowest BCUT2D eigenvalue weighted by atomic mass is 9.90. The van der Waals surface area contributed by atoms with Crippen molar-refractivity contribution in [1.82, 2.24) is 9.88 Å². The summed E-state index contributed by atoms with van der Waals surface area (Å²) in [6.07, 6.45) is 2.34. The van der Waals surface area contributed by atoms with Crippen molar-refractivity contribution >= 4 is 29.7 Å². The number of quaternary nitrogens is 1. The highest BCUT2D eigenvalue weighted by Crippen LogP contribution is 2.40. The van der Waals surface area contributed by atoms with Gasteiger partial charge in [0.15, 0.2) is 0 Å². The summed E-state index contributed by atoms with van der Waals surface area (Å²) in [7, 11) is 0. The maximum absolute atomic E-state index is 13.0. The van der Waals surface area contributed by atoms with Crippen molar-refractivity contribution in [3.8, 4) is 0 Å². The second-order valence-electron chi connectivity index (χ2n) is 10.2. The fourth-order valence-electron chi connectivity index (χ4n) is 5.66. The number of benzene rings is 1. The standard InChI is InChI=1S/C27H24F3N7O3/c28-27(29,30)18-7-8-33-22(11-18)34-25(39)16-3-1-15(2-4-16)24-35-23(20-13-32-9-10-37(20,24)31)17-5-6-19-12-21(38)26(40)36(19)14-17/h1-4,7-11,13,17,19,21,38H,5-6,12,14,31H2/p+1/t17-,19-,21+,37?/m0/s1. The number of aliphatic imine (C=N–C) groups is 2. The third kappa shape index (κ3) is 4.41. The van der Waals surface area contributed by atoms with Crippen LogP contribution in [0.5, 0.6) is 0 Å². The minimum atomic E-state index is -4.56. The summed E-state index contributed by atoms with van der Waals surface area (Å²) in [5, 5.41) is 12.4. The number of piperidine rings is 1. The number of amides is 2. The summed E-state index contributed by atoms with van der Waals surface area (Å²) >= 11 is 0. The molecule has 0 spiro atoms. The number of aliphatic hydroxyl groups is 1. The number of carbonyl (C=O) groups excluding carboxylic acids is 2. The Hall–Kier alpha value is -4.20. The van der Waals surface area contributed by atoms with E-state index < -0.39 is 23.8 Å². The van der Waals surface area contributed by atoms with Crippen molar-refractivity contribution < 1.29 is 32.5 Å². The quantitative estimate of drug-likeness (QED) is 0.396. The monoisotopic (exact) mass is 552 g/mol. The molecule has 0 radical (unpaired) electrons. The highest BCUT2D eigenvalue weighted by Gasteiger charge is 2.49. The Morgan fingerprint density at radius 2 is 1.95 bits per heavy atom. The van der Waals surface area contributed by atoms with E-state index in [1.165, 1.54) is 12.1 Å². The molecular formula is C27H25F3N7O3+. The first-order valence-electron chi connectivity index (χ1n) is 12.7. The lowest BCUT2D eigenvalue weighted by Crippen LogP contribution is -2.53. The number of amidine groups is 1. The second kappa shape index (κ2) is 9.47. The maximum atomic E-state index is 13.0. The number of halogens is 3. The summed E-state index contributed by atoms with van der Waals surface area (Å²) < 4.78 is 38.8. The Bertz CT molecular complexity index is 1520. The van der Waals surface area contributed by atoms with Gasteiger partial charge in [-0.2, -0.15) is 24.0 Å². The molecule has 0 bridgehead atoms. The van der Waals surface area contributed by atoms with Crippen LogP contribution in [0.1, 0.15) is 40.7 Å². The van der Waals surface area contributed by atoms with E-state index in [2.05, 4.69) is 15.3 Å². The molecule has 4 aliphatic heterocycles. The summed E-state index contributed by atoms with van der Waals surface area (Å²) in [4.78, 5) is 39.9. The fraction of sp³-hybridized carbons (Fsp3) is 0.296. The molecule has 1 aromatic carbocycles. The lowest BCUT2D eigenvalue weighted by Gasteiger charge is -2.34. The number of aliphatic hydroxyl groups excluding tert-OH is 1. The van der Waals surface area contributed by atoms with E-state index in [0.717, 1.165) is 36.9 Å². The molecule has 1 unspecified atom stereocenters. The van der Waals surface area contributed by atoms with Crippen LogP contribution in [0.2, 0.25) is 0 Å². The molecular weight excluding hydrogens is 527 g/mol. The summed E-state index contributed by atoms with van der Waals surface area (Å²) in [6.45, 7) is 0.427. The van der Waals surface area contributed by atoms with Gasteiger partial charge in [0.1, 0.15) is 23.8 Å². The van der Waals surface area contributed by atoms with Crippen molar-refractivity contribution in [2.45, 2.75) is 37.6 Å². The third-order valence-electron chi connectivity index (χ3n) is 7.71. The van der Waals surface area contributed by atoms with Gasteiger partial charge in [-0.15, -0.1) is 4.59 Å². The van der Waals surface area contributed by atoms with Gasteiger partial charge in [-0.3, -0.25) is 14.6 Å². The van der Waals surface area contributed by atoms with Crippen LogP contribution in [0.25, 0.3) is 0 Å². The molecule has 1 aromatic heterocycles. The number of nitrogens with zero attached hydrogens (tertiary/aromatic N) is 5. The highest BCUT2D eigenvalue weighted by molar-refractivity contribution is 6.05. The molecule has 206 valence electrons. The van der Waals surface area contributed by atoms with Crippen molar-refractivity contribution in [2.75, 3.05) is 11.9 Å². The molecule has 4 atom stereocenters. The van der Waals surface area contributed by atoms with Crippen LogP contribution in [-0.4, -0.2) is 62.1 Å². The fourth-order valence-corrected chi connectivity index (χ4v) is 5.66. The van der Waals surface area contributed by atoms with Crippen molar-refractivity contribution in [2.24, 2.45) is 21.7 Å². The van der Waals surface area contributed by atoms with Crippen molar-refractivity contribution in [3.63, 3.8) is 0 Å². The number of fused-ring (bicyclic) bond motifs is 2. The molecule has 2 saturated heterocycles. The SMILES string of the molecule is N[N+]12C=CN=CC1=C([C@H]1CC[C@H]3C[C@@H](O)C(=O)N3C1)N=C2c1ccc(C(=O)Nc2cc(C(F)(F)F)ccn2)cc1. The Labute approximate surface area is 226 Å². The van der Waals surface area contributed by atoms with Gasteiger partial charge in [0.05, 0.1) is 23.5 Å². The second-order valence-corrected chi connectivity index (χ2v) is 10.2. The van der Waals surface area contributed by atoms with Gasteiger partial charge in [0.2, 0.25) is 5.70 Å². The lowest BCUT2D eigenvalue weighted by molar-refractivity contribution is -0.750. The molecule has 4 N–H and O–H groups in total. The predicted octanol–water partition coefficient (Wildman–Crippen LogP) is 2.94.